The lowest BCUT2D eigenvalue weighted by Gasteiger charge is -2.34. The van der Waals surface area contributed by atoms with Crippen molar-refractivity contribution in [3.05, 3.63) is 54.1 Å². The van der Waals surface area contributed by atoms with E-state index in [1.54, 1.807) is 12.3 Å². The van der Waals surface area contributed by atoms with Crippen LogP contribution in [-0.2, 0) is 4.74 Å². The third-order valence-electron chi connectivity index (χ3n) is 5.73. The van der Waals surface area contributed by atoms with E-state index in [0.29, 0.717) is 18.8 Å². The van der Waals surface area contributed by atoms with Gasteiger partial charge in [-0.1, -0.05) is 18.2 Å². The van der Waals surface area contributed by atoms with Crippen molar-refractivity contribution in [3.63, 3.8) is 0 Å². The van der Waals surface area contributed by atoms with Gasteiger partial charge in [-0.15, -0.1) is 0 Å². The van der Waals surface area contributed by atoms with Gasteiger partial charge in [-0.25, -0.2) is 14.8 Å². The van der Waals surface area contributed by atoms with Gasteiger partial charge in [0.05, 0.1) is 36.5 Å². The number of pyridine rings is 2. The monoisotopic (exact) mass is 393 g/mol. The molecule has 150 valence electrons. The van der Waals surface area contributed by atoms with Crippen LogP contribution >= 0.6 is 0 Å². The topological polar surface area (TPSA) is 62.3 Å². The third kappa shape index (κ3) is 3.35. The van der Waals surface area contributed by atoms with E-state index in [1.165, 1.54) is 6.07 Å². The summed E-state index contributed by atoms with van der Waals surface area (Å²) >= 11 is 0. The Morgan fingerprint density at radius 3 is 2.90 bits per heavy atom. The number of benzene rings is 1. The zero-order chi connectivity index (χ0) is 19.8. The Morgan fingerprint density at radius 2 is 2.10 bits per heavy atom. The number of halogens is 1. The first-order valence-corrected chi connectivity index (χ1v) is 10.1. The first kappa shape index (κ1) is 18.4. The van der Waals surface area contributed by atoms with Gasteiger partial charge < -0.3 is 9.64 Å². The second kappa shape index (κ2) is 7.67. The van der Waals surface area contributed by atoms with E-state index < -0.39 is 0 Å². The number of hydrazine groups is 1. The summed E-state index contributed by atoms with van der Waals surface area (Å²) < 4.78 is 20.4. The summed E-state index contributed by atoms with van der Waals surface area (Å²) in [7, 11) is 0. The first-order chi connectivity index (χ1) is 14.2. The van der Waals surface area contributed by atoms with Crippen LogP contribution in [0.3, 0.4) is 0 Å². The maximum Gasteiger partial charge on any atom is 0.131 e. The van der Waals surface area contributed by atoms with Crippen LogP contribution in [0.5, 0.6) is 0 Å². The lowest BCUT2D eigenvalue weighted by Crippen LogP contribution is -2.44. The van der Waals surface area contributed by atoms with Crippen LogP contribution in [0.25, 0.3) is 22.0 Å². The summed E-state index contributed by atoms with van der Waals surface area (Å²) in [6.45, 7) is 5.08. The van der Waals surface area contributed by atoms with Crippen LogP contribution in [0, 0.1) is 5.82 Å². The zero-order valence-electron chi connectivity index (χ0n) is 16.4. The Hall–Kier alpha value is -2.61. The van der Waals surface area contributed by atoms with Gasteiger partial charge in [0.15, 0.2) is 0 Å². The molecule has 0 amide bonds. The number of hydrogen-bond donors (Lipinski definition) is 2. The normalized spacial score (nSPS) is 22.3. The number of morpholine rings is 1. The van der Waals surface area contributed by atoms with Gasteiger partial charge in [-0.3, -0.25) is 10.4 Å². The molecule has 2 aromatic heterocycles. The lowest BCUT2D eigenvalue weighted by atomic mass is 9.98. The van der Waals surface area contributed by atoms with E-state index >= 15 is 0 Å². The highest BCUT2D eigenvalue weighted by atomic mass is 19.1. The molecule has 0 saturated carbocycles. The van der Waals surface area contributed by atoms with Gasteiger partial charge in [-0.05, 0) is 37.1 Å². The van der Waals surface area contributed by atoms with Crippen molar-refractivity contribution in [1.29, 1.82) is 0 Å². The summed E-state index contributed by atoms with van der Waals surface area (Å²) in [5.74, 6) is 0.603. The van der Waals surface area contributed by atoms with Crippen LogP contribution in [0.15, 0.2) is 42.6 Å². The summed E-state index contributed by atoms with van der Waals surface area (Å²) in [6, 6.07) is 11.1. The van der Waals surface area contributed by atoms with Gasteiger partial charge in [-0.2, -0.15) is 0 Å². The Kier molecular flexibility index (Phi) is 4.87. The SMILES string of the molecule is C[C@@H]1COCCN1c1cc(-c2ccccc2F)c2ccnc(C3CCNN3)c2n1. The minimum Gasteiger partial charge on any atom is -0.377 e. The van der Waals surface area contributed by atoms with E-state index in [2.05, 4.69) is 27.7 Å². The van der Waals surface area contributed by atoms with E-state index in [0.717, 1.165) is 47.5 Å². The largest absolute Gasteiger partial charge is 0.377 e. The smallest absolute Gasteiger partial charge is 0.131 e. The standard InChI is InChI=1S/C22H24FN5O/c1-14-13-29-11-10-28(14)20-12-17(15-4-2-3-5-18(15)23)16-6-8-24-22(21(16)26-20)19-7-9-25-27-19/h2-6,8,12,14,19,25,27H,7,9-11,13H2,1H3/t14-,19?/m1/s1. The molecule has 0 bridgehead atoms. The number of aromatic nitrogens is 2. The average Bonchev–Trinajstić information content (AvgIpc) is 3.28. The molecule has 5 rings (SSSR count). The maximum atomic E-state index is 14.8. The van der Waals surface area contributed by atoms with Crippen molar-refractivity contribution < 1.29 is 9.13 Å². The second-order valence-electron chi connectivity index (χ2n) is 7.63. The van der Waals surface area contributed by atoms with Crippen LogP contribution in [0.1, 0.15) is 25.1 Å². The van der Waals surface area contributed by atoms with Gasteiger partial charge in [0.2, 0.25) is 0 Å². The molecule has 4 heterocycles. The molecule has 3 aromatic rings. The van der Waals surface area contributed by atoms with E-state index in [9.17, 15) is 4.39 Å². The molecular weight excluding hydrogens is 369 g/mol. The highest BCUT2D eigenvalue weighted by Crippen LogP contribution is 2.36. The Balaban J connectivity index is 1.75. The summed E-state index contributed by atoms with van der Waals surface area (Å²) in [4.78, 5) is 11.9. The van der Waals surface area contributed by atoms with Crippen molar-refractivity contribution >= 4 is 16.7 Å². The third-order valence-corrected chi connectivity index (χ3v) is 5.73. The second-order valence-corrected chi connectivity index (χ2v) is 7.63. The molecule has 0 aliphatic carbocycles. The van der Waals surface area contributed by atoms with Gasteiger partial charge in [0.25, 0.3) is 0 Å². The quantitative estimate of drug-likeness (QED) is 0.713. The van der Waals surface area contributed by atoms with Crippen LogP contribution in [0.4, 0.5) is 10.2 Å². The number of ether oxygens (including phenoxy) is 1. The number of nitrogens with zero attached hydrogens (tertiary/aromatic N) is 3. The molecule has 2 N–H and O–H groups in total. The fourth-order valence-electron chi connectivity index (χ4n) is 4.22. The van der Waals surface area contributed by atoms with Crippen molar-refractivity contribution in [3.8, 4) is 11.1 Å². The molecule has 2 aliphatic rings. The molecule has 0 spiro atoms. The summed E-state index contributed by atoms with van der Waals surface area (Å²) in [5, 5.41) is 0.915. The van der Waals surface area contributed by atoms with Gasteiger partial charge >= 0.3 is 0 Å². The van der Waals surface area contributed by atoms with Crippen molar-refractivity contribution in [2.45, 2.75) is 25.4 Å². The number of nitrogens with one attached hydrogen (secondary N) is 2. The van der Waals surface area contributed by atoms with E-state index in [1.807, 2.05) is 24.3 Å². The summed E-state index contributed by atoms with van der Waals surface area (Å²) in [6.07, 6.45) is 2.72. The predicted molar refractivity (Wildman–Crippen MR) is 111 cm³/mol. The molecule has 2 atom stereocenters. The highest BCUT2D eigenvalue weighted by molar-refractivity contribution is 5.97. The van der Waals surface area contributed by atoms with Gasteiger partial charge in [0.1, 0.15) is 11.6 Å². The van der Waals surface area contributed by atoms with Crippen LogP contribution in [0.2, 0.25) is 0 Å². The molecule has 29 heavy (non-hydrogen) atoms. The molecule has 6 nitrogen and oxygen atoms in total. The number of fused-ring (bicyclic) bond motifs is 1. The Morgan fingerprint density at radius 1 is 1.21 bits per heavy atom. The molecular formula is C22H24FN5O. The number of hydrogen-bond acceptors (Lipinski definition) is 6. The number of anilines is 1. The van der Waals surface area contributed by atoms with Gasteiger partial charge in [0, 0.05) is 30.2 Å². The minimum atomic E-state index is -0.236. The molecule has 2 saturated heterocycles. The number of rotatable bonds is 3. The van der Waals surface area contributed by atoms with Crippen LogP contribution < -0.4 is 15.8 Å². The molecule has 2 fully saturated rings. The zero-order valence-corrected chi connectivity index (χ0v) is 16.4. The maximum absolute atomic E-state index is 14.8. The molecule has 1 aromatic carbocycles. The average molecular weight is 393 g/mol. The fraction of sp³-hybridized carbons (Fsp3) is 0.364. The fourth-order valence-corrected chi connectivity index (χ4v) is 4.22. The Bertz CT molecular complexity index is 1040. The van der Waals surface area contributed by atoms with Crippen molar-refractivity contribution in [1.82, 2.24) is 20.8 Å². The first-order valence-electron chi connectivity index (χ1n) is 10.1. The molecule has 0 radical (unpaired) electrons. The highest BCUT2D eigenvalue weighted by Gasteiger charge is 2.26. The molecule has 2 aliphatic heterocycles. The van der Waals surface area contributed by atoms with E-state index in [-0.39, 0.29) is 17.9 Å². The van der Waals surface area contributed by atoms with Crippen molar-refractivity contribution in [2.75, 3.05) is 31.2 Å². The molecule has 1 unspecified atom stereocenters. The molecule has 7 heteroatoms. The lowest BCUT2D eigenvalue weighted by molar-refractivity contribution is 0.0986. The minimum absolute atomic E-state index is 0.0806. The summed E-state index contributed by atoms with van der Waals surface area (Å²) in [5.41, 5.74) is 9.60. The van der Waals surface area contributed by atoms with E-state index in [4.69, 9.17) is 9.72 Å². The van der Waals surface area contributed by atoms with Crippen molar-refractivity contribution in [2.24, 2.45) is 0 Å². The predicted octanol–water partition coefficient (Wildman–Crippen LogP) is 3.20. The van der Waals surface area contributed by atoms with Crippen LogP contribution in [-0.4, -0.2) is 42.3 Å². The Labute approximate surface area is 169 Å².